The molecule has 1 aliphatic carbocycles. The molecule has 1 unspecified atom stereocenters. The second-order valence-corrected chi connectivity index (χ2v) is 6.56. The van der Waals surface area contributed by atoms with Crippen LogP contribution in [0.25, 0.3) is 0 Å². The SMILES string of the molecule is O=C(NC1CCN(CC2CC=CCC2)CC1)c1ccccc1. The maximum absolute atomic E-state index is 12.2. The molecule has 1 heterocycles. The number of rotatable bonds is 4. The number of hydrogen-bond acceptors (Lipinski definition) is 2. The van der Waals surface area contributed by atoms with E-state index in [1.807, 2.05) is 30.3 Å². The Balaban J connectivity index is 1.42. The second-order valence-electron chi connectivity index (χ2n) is 6.56. The summed E-state index contributed by atoms with van der Waals surface area (Å²) in [6.45, 7) is 3.45. The quantitative estimate of drug-likeness (QED) is 0.866. The van der Waals surface area contributed by atoms with Crippen molar-refractivity contribution in [3.63, 3.8) is 0 Å². The van der Waals surface area contributed by atoms with E-state index in [0.29, 0.717) is 6.04 Å². The Labute approximate surface area is 133 Å². The molecule has 118 valence electrons. The normalized spacial score (nSPS) is 23.4. The summed E-state index contributed by atoms with van der Waals surface area (Å²) in [6.07, 6.45) is 10.6. The van der Waals surface area contributed by atoms with E-state index in [9.17, 15) is 4.79 Å². The first-order valence-corrected chi connectivity index (χ1v) is 8.54. The molecular formula is C19H26N2O. The average molecular weight is 298 g/mol. The maximum Gasteiger partial charge on any atom is 0.251 e. The minimum atomic E-state index is 0.0662. The van der Waals surface area contributed by atoms with E-state index in [-0.39, 0.29) is 5.91 Å². The van der Waals surface area contributed by atoms with Crippen molar-refractivity contribution in [2.24, 2.45) is 5.92 Å². The number of nitrogens with zero attached hydrogens (tertiary/aromatic N) is 1. The van der Waals surface area contributed by atoms with E-state index in [1.165, 1.54) is 25.8 Å². The lowest BCUT2D eigenvalue weighted by Crippen LogP contribution is -2.45. The summed E-state index contributed by atoms with van der Waals surface area (Å²) in [5.74, 6) is 0.900. The van der Waals surface area contributed by atoms with Crippen LogP contribution in [0.1, 0.15) is 42.5 Å². The zero-order chi connectivity index (χ0) is 15.2. The largest absolute Gasteiger partial charge is 0.349 e. The van der Waals surface area contributed by atoms with Gasteiger partial charge in [-0.05, 0) is 50.2 Å². The lowest BCUT2D eigenvalue weighted by Gasteiger charge is -2.35. The van der Waals surface area contributed by atoms with Gasteiger partial charge in [0.2, 0.25) is 0 Å². The van der Waals surface area contributed by atoms with Crippen LogP contribution in [0, 0.1) is 5.92 Å². The zero-order valence-corrected chi connectivity index (χ0v) is 13.2. The van der Waals surface area contributed by atoms with E-state index >= 15 is 0 Å². The summed E-state index contributed by atoms with van der Waals surface area (Å²) in [5, 5.41) is 3.18. The van der Waals surface area contributed by atoms with Crippen LogP contribution in [0.3, 0.4) is 0 Å². The van der Waals surface area contributed by atoms with Gasteiger partial charge in [0, 0.05) is 31.2 Å². The molecule has 0 radical (unpaired) electrons. The standard InChI is InChI=1S/C19H26N2O/c22-19(17-9-5-2-6-10-17)20-18-11-13-21(14-12-18)15-16-7-3-1-4-8-16/h1-3,5-6,9-10,16,18H,4,7-8,11-15H2,(H,20,22). The number of benzene rings is 1. The minimum Gasteiger partial charge on any atom is -0.349 e. The fourth-order valence-electron chi connectivity index (χ4n) is 3.51. The van der Waals surface area contributed by atoms with Gasteiger partial charge in [-0.15, -0.1) is 0 Å². The Morgan fingerprint density at radius 1 is 1.09 bits per heavy atom. The van der Waals surface area contributed by atoms with Crippen LogP contribution in [0.15, 0.2) is 42.5 Å². The van der Waals surface area contributed by atoms with Crippen molar-refractivity contribution in [3.05, 3.63) is 48.0 Å². The predicted octanol–water partition coefficient (Wildman–Crippen LogP) is 3.24. The lowest BCUT2D eigenvalue weighted by atomic mass is 9.93. The molecule has 1 saturated heterocycles. The molecule has 3 rings (SSSR count). The number of likely N-dealkylation sites (tertiary alicyclic amines) is 1. The number of piperidine rings is 1. The van der Waals surface area contributed by atoms with Gasteiger partial charge in [-0.2, -0.15) is 0 Å². The first-order chi connectivity index (χ1) is 10.8. The van der Waals surface area contributed by atoms with Crippen LogP contribution >= 0.6 is 0 Å². The topological polar surface area (TPSA) is 32.3 Å². The average Bonchev–Trinajstić information content (AvgIpc) is 2.58. The molecule has 2 aliphatic rings. The van der Waals surface area contributed by atoms with E-state index in [4.69, 9.17) is 0 Å². The van der Waals surface area contributed by atoms with Crippen LogP contribution in [0.4, 0.5) is 0 Å². The molecule has 1 aromatic rings. The van der Waals surface area contributed by atoms with Crippen molar-refractivity contribution in [2.45, 2.75) is 38.1 Å². The zero-order valence-electron chi connectivity index (χ0n) is 13.2. The molecule has 3 nitrogen and oxygen atoms in total. The monoisotopic (exact) mass is 298 g/mol. The second kappa shape index (κ2) is 7.59. The Morgan fingerprint density at radius 2 is 1.86 bits per heavy atom. The predicted molar refractivity (Wildman–Crippen MR) is 89.9 cm³/mol. The Kier molecular flexibility index (Phi) is 5.28. The summed E-state index contributed by atoms with van der Waals surface area (Å²) in [4.78, 5) is 14.8. The Hall–Kier alpha value is -1.61. The Bertz CT molecular complexity index is 503. The molecule has 1 aromatic carbocycles. The van der Waals surface area contributed by atoms with Gasteiger partial charge in [-0.25, -0.2) is 0 Å². The number of carbonyl (C=O) groups is 1. The van der Waals surface area contributed by atoms with Crippen molar-refractivity contribution < 1.29 is 4.79 Å². The number of carbonyl (C=O) groups excluding carboxylic acids is 1. The molecular weight excluding hydrogens is 272 g/mol. The van der Waals surface area contributed by atoms with Crippen LogP contribution in [0.2, 0.25) is 0 Å². The van der Waals surface area contributed by atoms with E-state index in [0.717, 1.165) is 37.4 Å². The van der Waals surface area contributed by atoms with Crippen molar-refractivity contribution >= 4 is 5.91 Å². The fourth-order valence-corrected chi connectivity index (χ4v) is 3.51. The summed E-state index contributed by atoms with van der Waals surface area (Å²) < 4.78 is 0. The van der Waals surface area contributed by atoms with Gasteiger partial charge in [0.1, 0.15) is 0 Å². The highest BCUT2D eigenvalue weighted by molar-refractivity contribution is 5.94. The highest BCUT2D eigenvalue weighted by Crippen LogP contribution is 2.21. The first-order valence-electron chi connectivity index (χ1n) is 8.54. The van der Waals surface area contributed by atoms with Gasteiger partial charge in [-0.1, -0.05) is 30.4 Å². The molecule has 0 bridgehead atoms. The number of nitrogens with one attached hydrogen (secondary N) is 1. The molecule has 22 heavy (non-hydrogen) atoms. The molecule has 1 aliphatic heterocycles. The van der Waals surface area contributed by atoms with E-state index in [2.05, 4.69) is 22.4 Å². The molecule has 1 N–H and O–H groups in total. The molecule has 1 fully saturated rings. The van der Waals surface area contributed by atoms with Crippen LogP contribution in [0.5, 0.6) is 0 Å². The van der Waals surface area contributed by atoms with E-state index < -0.39 is 0 Å². The molecule has 1 amide bonds. The van der Waals surface area contributed by atoms with Crippen LogP contribution in [-0.4, -0.2) is 36.5 Å². The summed E-state index contributed by atoms with van der Waals surface area (Å²) >= 11 is 0. The van der Waals surface area contributed by atoms with Crippen LogP contribution in [-0.2, 0) is 0 Å². The lowest BCUT2D eigenvalue weighted by molar-refractivity contribution is 0.0904. The van der Waals surface area contributed by atoms with Crippen molar-refractivity contribution in [2.75, 3.05) is 19.6 Å². The smallest absolute Gasteiger partial charge is 0.251 e. The third kappa shape index (κ3) is 4.20. The van der Waals surface area contributed by atoms with Crippen molar-refractivity contribution in [1.29, 1.82) is 0 Å². The van der Waals surface area contributed by atoms with E-state index in [1.54, 1.807) is 0 Å². The van der Waals surface area contributed by atoms with Gasteiger partial charge in [0.25, 0.3) is 5.91 Å². The first kappa shape index (κ1) is 15.3. The van der Waals surface area contributed by atoms with Gasteiger partial charge >= 0.3 is 0 Å². The Morgan fingerprint density at radius 3 is 2.55 bits per heavy atom. The van der Waals surface area contributed by atoms with Gasteiger partial charge in [0.15, 0.2) is 0 Å². The number of allylic oxidation sites excluding steroid dienone is 2. The molecule has 0 spiro atoms. The van der Waals surface area contributed by atoms with Crippen molar-refractivity contribution in [1.82, 2.24) is 10.2 Å². The third-order valence-electron chi connectivity index (χ3n) is 4.85. The van der Waals surface area contributed by atoms with Gasteiger partial charge < -0.3 is 10.2 Å². The molecule has 1 atom stereocenters. The van der Waals surface area contributed by atoms with Crippen LogP contribution < -0.4 is 5.32 Å². The fraction of sp³-hybridized carbons (Fsp3) is 0.526. The van der Waals surface area contributed by atoms with Gasteiger partial charge in [-0.3, -0.25) is 4.79 Å². The van der Waals surface area contributed by atoms with Gasteiger partial charge in [0.05, 0.1) is 0 Å². The number of hydrogen-bond donors (Lipinski definition) is 1. The van der Waals surface area contributed by atoms with Crippen molar-refractivity contribution in [3.8, 4) is 0 Å². The summed E-state index contributed by atoms with van der Waals surface area (Å²) in [6, 6.07) is 9.85. The molecule has 3 heteroatoms. The number of amides is 1. The highest BCUT2D eigenvalue weighted by Gasteiger charge is 2.23. The maximum atomic E-state index is 12.2. The molecule has 0 aromatic heterocycles. The summed E-state index contributed by atoms with van der Waals surface area (Å²) in [7, 11) is 0. The third-order valence-corrected chi connectivity index (χ3v) is 4.85. The molecule has 0 saturated carbocycles. The highest BCUT2D eigenvalue weighted by atomic mass is 16.1. The summed E-state index contributed by atoms with van der Waals surface area (Å²) in [5.41, 5.74) is 0.763. The minimum absolute atomic E-state index is 0.0662.